The molecule has 0 spiro atoms. The molecule has 1 fully saturated rings. The standard InChI is InChI=1S/C6H20N4O18P4/c7-25-29(13,14)21-3-1(11)2(12)4(22-30(15,16)26-8)6(24-32(19,20)28-10)5(3)23-31(17,18)27-9/h1-6,11-12H,7-10H2,(H,13,14)(H,15,16)(H,17,18)(H,19,20)/q+4/t1-,2+,3-,4-,5+,6+/m0/s1. The van der Waals surface area contributed by atoms with E-state index >= 15 is 0 Å². The van der Waals surface area contributed by atoms with Crippen LogP contribution in [0.4, 0.5) is 0 Å². The van der Waals surface area contributed by atoms with E-state index in [1.165, 1.54) is 0 Å². The molecule has 4 radical (unpaired) electrons. The molecule has 0 aromatic rings. The number of phosphoric ester groups is 4. The van der Waals surface area contributed by atoms with Crippen LogP contribution < -0.4 is 23.6 Å². The minimum absolute atomic E-state index is 2.51. The van der Waals surface area contributed by atoms with E-state index in [0.717, 1.165) is 0 Å². The van der Waals surface area contributed by atoms with E-state index in [-0.39, 0.29) is 0 Å². The molecule has 26 heteroatoms. The molecule has 14 N–H and O–H groups in total. The molecule has 32 heavy (non-hydrogen) atoms. The van der Waals surface area contributed by atoms with Crippen molar-refractivity contribution in [2.75, 3.05) is 0 Å². The molecule has 1 rings (SSSR count). The van der Waals surface area contributed by atoms with Crippen LogP contribution in [0.25, 0.3) is 0 Å². The Bertz CT molecular complexity index is 761. The first-order chi connectivity index (χ1) is 14.4. The minimum atomic E-state index is -5.40. The summed E-state index contributed by atoms with van der Waals surface area (Å²) in [6.45, 7) is 0. The van der Waals surface area contributed by atoms with E-state index in [1.54, 1.807) is 0 Å². The molecule has 10 atom stereocenters. The quantitative estimate of drug-likeness (QED) is 0.0621. The molecule has 188 valence electrons. The van der Waals surface area contributed by atoms with Crippen LogP contribution in [0.2, 0.25) is 0 Å². The number of aliphatic hydroxyl groups excluding tert-OH is 2. The second-order valence-corrected chi connectivity index (χ2v) is 11.0. The molecule has 22 nitrogen and oxygen atoms in total. The Balaban J connectivity index is 3.64. The van der Waals surface area contributed by atoms with E-state index < -0.39 is 67.9 Å². The first-order valence-corrected chi connectivity index (χ1v) is 13.4. The van der Waals surface area contributed by atoms with Gasteiger partial charge in [-0.15, -0.1) is 0 Å². The third-order valence-electron chi connectivity index (χ3n) is 3.55. The number of hydrogen-bond donors (Lipinski definition) is 10. The van der Waals surface area contributed by atoms with E-state index in [9.17, 15) is 48.0 Å². The Labute approximate surface area is 177 Å². The van der Waals surface area contributed by atoms with Gasteiger partial charge in [-0.25, -0.2) is 23.6 Å². The Kier molecular flexibility index (Phi) is 10.7. The van der Waals surface area contributed by atoms with Crippen LogP contribution in [-0.2, 0) is 54.9 Å². The van der Waals surface area contributed by atoms with Gasteiger partial charge in [0.1, 0.15) is 0 Å². The van der Waals surface area contributed by atoms with Crippen molar-refractivity contribution in [3.63, 3.8) is 0 Å². The molecule has 0 saturated heterocycles. The van der Waals surface area contributed by atoms with Crippen molar-refractivity contribution in [2.24, 2.45) is 23.6 Å². The number of hydrogen-bond acceptors (Lipinski definition) is 18. The van der Waals surface area contributed by atoms with Gasteiger partial charge in [-0.1, -0.05) is 0 Å². The molecule has 0 heterocycles. The molecule has 1 saturated carbocycles. The number of phosphoric acid groups is 4. The summed E-state index contributed by atoms with van der Waals surface area (Å²) in [7, 11) is -21.4. The van der Waals surface area contributed by atoms with Crippen LogP contribution in [0, 0.1) is 0 Å². The summed E-state index contributed by atoms with van der Waals surface area (Å²) in [6.07, 6.45) is -15.3. The fourth-order valence-corrected chi connectivity index (χ4v) is 4.75. The van der Waals surface area contributed by atoms with Crippen molar-refractivity contribution in [3.8, 4) is 0 Å². The van der Waals surface area contributed by atoms with Crippen LogP contribution in [-0.4, -0.2) is 66.4 Å². The van der Waals surface area contributed by atoms with Crippen molar-refractivity contribution < 1.29 is 84.6 Å². The second-order valence-electron chi connectivity index (χ2n) is 5.56. The number of aliphatic hydroxyl groups is 2. The van der Waals surface area contributed by atoms with Gasteiger partial charge in [0.15, 0.2) is 12.2 Å². The maximum atomic E-state index is 11.8. The summed E-state index contributed by atoms with van der Waals surface area (Å²) in [6, 6.07) is 0. The van der Waals surface area contributed by atoms with Crippen molar-refractivity contribution >= 4 is 31.3 Å². The van der Waals surface area contributed by atoms with Crippen LogP contribution in [0.3, 0.4) is 0 Å². The lowest BCUT2D eigenvalue weighted by Gasteiger charge is -2.27. The summed E-state index contributed by atoms with van der Waals surface area (Å²) in [4.78, 5) is 37.8. The van der Waals surface area contributed by atoms with E-state index in [0.29, 0.717) is 0 Å². The SMILES string of the molecule is NOP(=O)(O)[O+][C@H]1[C@H]([O+]P(=O)(O)ON)[C@@H]([O+]P(=O)(O)ON)[C@@H](O)[C@@H](O)[C@@H]1[O+]P(=O)(O)ON. The predicted molar refractivity (Wildman–Crippen MR) is 91.9 cm³/mol. The average Bonchev–Trinajstić information content (AvgIpc) is 2.71. The zero-order valence-electron chi connectivity index (χ0n) is 15.1. The molecule has 1 aliphatic carbocycles. The Morgan fingerprint density at radius 2 is 0.688 bits per heavy atom. The molecule has 4 unspecified atom stereocenters. The maximum absolute atomic E-state index is 11.8. The molecule has 0 amide bonds. The largest absolute Gasteiger partial charge is 0.724 e. The third-order valence-corrected chi connectivity index (χ3v) is 6.65. The van der Waals surface area contributed by atoms with Gasteiger partial charge in [0, 0.05) is 0 Å². The highest BCUT2D eigenvalue weighted by molar-refractivity contribution is 7.48. The summed E-state index contributed by atoms with van der Waals surface area (Å²) in [5.74, 6) is 18.2. The molecular weight excluding hydrogens is 540 g/mol. The zero-order chi connectivity index (χ0) is 25.1. The Morgan fingerprint density at radius 3 is 0.875 bits per heavy atom. The molecule has 0 aromatic heterocycles. The van der Waals surface area contributed by atoms with Gasteiger partial charge < -0.3 is 10.2 Å². The van der Waals surface area contributed by atoms with E-state index in [2.05, 4.69) is 60.2 Å². The highest BCUT2D eigenvalue weighted by Crippen LogP contribution is 2.55. The summed E-state index contributed by atoms with van der Waals surface area (Å²) in [5, 5.41) is 20.5. The fourth-order valence-electron chi connectivity index (χ4n) is 2.35. The Hall–Kier alpha value is 0.200. The molecule has 0 aromatic carbocycles. The van der Waals surface area contributed by atoms with E-state index in [4.69, 9.17) is 0 Å². The average molecular weight is 560 g/mol. The first kappa shape index (κ1) is 30.2. The van der Waals surface area contributed by atoms with Crippen molar-refractivity contribution in [1.29, 1.82) is 0 Å². The zero-order valence-corrected chi connectivity index (χ0v) is 18.7. The number of rotatable bonds is 12. The third kappa shape index (κ3) is 8.15. The topological polar surface area (TPSA) is 376 Å². The van der Waals surface area contributed by atoms with Gasteiger partial charge in [-0.05, 0) is 18.1 Å². The number of nitrogens with two attached hydrogens (primary N) is 4. The minimum Gasteiger partial charge on any atom is -0.381 e. The smallest absolute Gasteiger partial charge is 0.381 e. The summed E-state index contributed by atoms with van der Waals surface area (Å²) >= 11 is 0. The lowest BCUT2D eigenvalue weighted by molar-refractivity contribution is -0.211. The van der Waals surface area contributed by atoms with Gasteiger partial charge in [-0.2, -0.15) is 36.8 Å². The monoisotopic (exact) mass is 560 g/mol. The van der Waals surface area contributed by atoms with Crippen molar-refractivity contribution in [1.82, 2.24) is 0 Å². The lowest BCUT2D eigenvalue weighted by Crippen LogP contribution is -2.65. The summed E-state index contributed by atoms with van der Waals surface area (Å²) < 4.78 is 79.4. The highest BCUT2D eigenvalue weighted by Gasteiger charge is 2.80. The Morgan fingerprint density at radius 1 is 0.500 bits per heavy atom. The maximum Gasteiger partial charge on any atom is 0.724 e. The van der Waals surface area contributed by atoms with Gasteiger partial charge >= 0.3 is 55.7 Å². The molecule has 1 aliphatic rings. The molecule has 0 bridgehead atoms. The van der Waals surface area contributed by atoms with Crippen molar-refractivity contribution in [2.45, 2.75) is 36.6 Å². The predicted octanol–water partition coefficient (Wildman–Crippen LogP) is -3.77. The van der Waals surface area contributed by atoms with Crippen LogP contribution in [0.15, 0.2) is 0 Å². The first-order valence-electron chi connectivity index (χ1n) is 7.39. The second kappa shape index (κ2) is 11.3. The van der Waals surface area contributed by atoms with Crippen LogP contribution in [0.5, 0.6) is 0 Å². The van der Waals surface area contributed by atoms with Gasteiger partial charge in [0.25, 0.3) is 0 Å². The summed E-state index contributed by atoms with van der Waals surface area (Å²) in [5.41, 5.74) is 0. The van der Waals surface area contributed by atoms with Crippen molar-refractivity contribution in [3.05, 3.63) is 0 Å². The van der Waals surface area contributed by atoms with Gasteiger partial charge in [0.2, 0.25) is 0 Å². The van der Waals surface area contributed by atoms with Crippen LogP contribution in [0.1, 0.15) is 0 Å². The highest BCUT2D eigenvalue weighted by atomic mass is 31.2. The lowest BCUT2D eigenvalue weighted by atomic mass is 9.85. The van der Waals surface area contributed by atoms with Gasteiger partial charge in [0.05, 0.1) is 0 Å². The van der Waals surface area contributed by atoms with Gasteiger partial charge in [-0.3, -0.25) is 19.6 Å². The van der Waals surface area contributed by atoms with E-state index in [1.807, 2.05) is 0 Å². The normalized spacial score (nSPS) is 36.4. The molecular formula is C6H20N4O18P4+4. The molecule has 0 aliphatic heterocycles. The van der Waals surface area contributed by atoms with Crippen LogP contribution >= 0.6 is 31.3 Å². The fraction of sp³-hybridized carbons (Fsp3) is 1.00.